The van der Waals surface area contributed by atoms with Crippen molar-refractivity contribution in [3.8, 4) is 5.75 Å². The summed E-state index contributed by atoms with van der Waals surface area (Å²) in [6.45, 7) is 0.568. The third-order valence-corrected chi connectivity index (χ3v) is 5.89. The van der Waals surface area contributed by atoms with Crippen molar-refractivity contribution >= 4 is 11.7 Å². The molecule has 1 aliphatic heterocycles. The minimum atomic E-state index is -0.343. The van der Waals surface area contributed by atoms with E-state index in [1.165, 1.54) is 0 Å². The summed E-state index contributed by atoms with van der Waals surface area (Å²) >= 11 is 0. The molecular formula is C25H26N4O3. The van der Waals surface area contributed by atoms with E-state index in [1.54, 1.807) is 0 Å². The smallest absolute Gasteiger partial charge is 0.226 e. The summed E-state index contributed by atoms with van der Waals surface area (Å²) in [6, 6.07) is 17.6. The molecule has 0 radical (unpaired) electrons. The molecule has 2 aliphatic rings. The molecule has 7 nitrogen and oxygen atoms in total. The van der Waals surface area contributed by atoms with Crippen LogP contribution in [0, 0.1) is 0 Å². The lowest BCUT2D eigenvalue weighted by Gasteiger charge is -2.32. The Hall–Kier alpha value is -3.45. The maximum absolute atomic E-state index is 13.0. The van der Waals surface area contributed by atoms with Gasteiger partial charge in [-0.25, -0.2) is 4.68 Å². The Morgan fingerprint density at radius 1 is 1.12 bits per heavy atom. The number of anilines is 1. The van der Waals surface area contributed by atoms with Crippen LogP contribution in [0.15, 0.2) is 65.9 Å². The van der Waals surface area contributed by atoms with E-state index >= 15 is 0 Å². The highest BCUT2D eigenvalue weighted by atomic mass is 16.5. The lowest BCUT2D eigenvalue weighted by molar-refractivity contribution is -0.116. The van der Waals surface area contributed by atoms with Crippen molar-refractivity contribution < 1.29 is 14.6 Å². The Bertz CT molecular complexity index is 1150. The van der Waals surface area contributed by atoms with Crippen LogP contribution in [0.4, 0.5) is 5.95 Å². The van der Waals surface area contributed by atoms with E-state index in [2.05, 4.69) is 10.3 Å². The summed E-state index contributed by atoms with van der Waals surface area (Å²) < 4.78 is 7.85. The van der Waals surface area contributed by atoms with E-state index in [0.717, 1.165) is 41.0 Å². The maximum atomic E-state index is 13.0. The van der Waals surface area contributed by atoms with E-state index in [9.17, 15) is 9.90 Å². The number of aryl methyl sites for hydroxylation is 1. The molecule has 0 bridgehead atoms. The molecule has 1 aliphatic carbocycles. The second-order valence-electron chi connectivity index (χ2n) is 8.17. The van der Waals surface area contributed by atoms with Crippen LogP contribution in [0.2, 0.25) is 0 Å². The van der Waals surface area contributed by atoms with Gasteiger partial charge in [-0.3, -0.25) is 4.79 Å². The van der Waals surface area contributed by atoms with Crippen molar-refractivity contribution in [2.45, 2.75) is 44.8 Å². The van der Waals surface area contributed by atoms with E-state index in [4.69, 9.17) is 9.84 Å². The van der Waals surface area contributed by atoms with Crippen molar-refractivity contribution in [1.82, 2.24) is 14.8 Å². The number of rotatable bonds is 7. The van der Waals surface area contributed by atoms with Gasteiger partial charge in [0.15, 0.2) is 11.6 Å². The van der Waals surface area contributed by atoms with Crippen LogP contribution in [0.25, 0.3) is 0 Å². The summed E-state index contributed by atoms with van der Waals surface area (Å²) in [7, 11) is 0. The molecule has 3 aromatic rings. The van der Waals surface area contributed by atoms with Crippen molar-refractivity contribution in [2.75, 3.05) is 11.9 Å². The maximum Gasteiger partial charge on any atom is 0.226 e. The Labute approximate surface area is 186 Å². The molecule has 0 fully saturated rings. The molecule has 0 saturated heterocycles. The van der Waals surface area contributed by atoms with Gasteiger partial charge in [0.05, 0.1) is 0 Å². The van der Waals surface area contributed by atoms with Gasteiger partial charge in [0.1, 0.15) is 18.4 Å². The molecule has 0 amide bonds. The molecule has 7 heteroatoms. The van der Waals surface area contributed by atoms with Gasteiger partial charge in [0.2, 0.25) is 5.95 Å². The van der Waals surface area contributed by atoms with Crippen LogP contribution in [0.5, 0.6) is 5.75 Å². The molecule has 0 spiro atoms. The fraction of sp³-hybridized carbons (Fsp3) is 0.320. The third-order valence-electron chi connectivity index (χ3n) is 5.89. The van der Waals surface area contributed by atoms with Crippen molar-refractivity contribution in [3.63, 3.8) is 0 Å². The molecule has 2 heterocycles. The minimum Gasteiger partial charge on any atom is -0.489 e. The largest absolute Gasteiger partial charge is 0.489 e. The average Bonchev–Trinajstić information content (AvgIpc) is 3.23. The fourth-order valence-corrected chi connectivity index (χ4v) is 4.37. The number of aromatic nitrogens is 3. The first kappa shape index (κ1) is 20.5. The summed E-state index contributed by atoms with van der Waals surface area (Å²) in [5.74, 6) is 2.21. The van der Waals surface area contributed by atoms with Gasteiger partial charge in [-0.2, -0.15) is 10.1 Å². The number of allylic oxidation sites excluding steroid dienone is 2. The van der Waals surface area contributed by atoms with Crippen LogP contribution in [0.3, 0.4) is 0 Å². The molecule has 164 valence electrons. The lowest BCUT2D eigenvalue weighted by atomic mass is 9.85. The lowest BCUT2D eigenvalue weighted by Crippen LogP contribution is -2.31. The van der Waals surface area contributed by atoms with Gasteiger partial charge in [-0.15, -0.1) is 0 Å². The second-order valence-corrected chi connectivity index (χ2v) is 8.17. The number of nitrogens with zero attached hydrogens (tertiary/aromatic N) is 3. The molecule has 32 heavy (non-hydrogen) atoms. The summed E-state index contributed by atoms with van der Waals surface area (Å²) in [5.41, 5.74) is 3.75. The normalized spacial score (nSPS) is 17.5. The van der Waals surface area contributed by atoms with Gasteiger partial charge >= 0.3 is 0 Å². The molecule has 1 atom stereocenters. The molecule has 5 rings (SSSR count). The first-order valence-electron chi connectivity index (χ1n) is 11.1. The zero-order valence-electron chi connectivity index (χ0n) is 17.8. The highest BCUT2D eigenvalue weighted by Gasteiger charge is 2.36. The van der Waals surface area contributed by atoms with Crippen molar-refractivity contribution in [2.24, 2.45) is 0 Å². The summed E-state index contributed by atoms with van der Waals surface area (Å²) in [5, 5.41) is 17.2. The first-order valence-corrected chi connectivity index (χ1v) is 11.1. The number of carbonyl (C=O) groups is 1. The molecule has 0 saturated carbocycles. The minimum absolute atomic E-state index is 0.0920. The number of benzene rings is 2. The standard InChI is InChI=1S/C25H26N4O3/c30-14-6-13-22-27-25-26-20-11-5-12-21(31)23(20)24(29(25)28-22)18-9-4-10-19(15-18)32-16-17-7-2-1-3-8-17/h1-4,7-10,15,24,30H,5-6,11-14,16H2,(H,26,27,28). The van der Waals surface area contributed by atoms with Crippen molar-refractivity contribution in [3.05, 3.63) is 82.8 Å². The predicted octanol–water partition coefficient (Wildman–Crippen LogP) is 3.80. The number of aliphatic hydroxyl groups is 1. The van der Waals surface area contributed by atoms with Crippen LogP contribution in [-0.2, 0) is 17.8 Å². The first-order chi connectivity index (χ1) is 15.7. The Morgan fingerprint density at radius 2 is 2.00 bits per heavy atom. The highest BCUT2D eigenvalue weighted by Crippen LogP contribution is 2.40. The van der Waals surface area contributed by atoms with Gasteiger partial charge in [-0.1, -0.05) is 42.5 Å². The number of ether oxygens (including phenoxy) is 1. The number of carbonyl (C=O) groups excluding carboxylic acids is 1. The average molecular weight is 431 g/mol. The topological polar surface area (TPSA) is 89.3 Å². The monoisotopic (exact) mass is 430 g/mol. The van der Waals surface area contributed by atoms with Gasteiger partial charge < -0.3 is 15.2 Å². The van der Waals surface area contributed by atoms with E-state index < -0.39 is 0 Å². The Morgan fingerprint density at radius 3 is 2.84 bits per heavy atom. The number of hydrogen-bond acceptors (Lipinski definition) is 6. The number of nitrogens with one attached hydrogen (secondary N) is 1. The summed E-state index contributed by atoms with van der Waals surface area (Å²) in [4.78, 5) is 17.6. The molecule has 2 N–H and O–H groups in total. The number of hydrogen-bond donors (Lipinski definition) is 2. The zero-order chi connectivity index (χ0) is 21.9. The quantitative estimate of drug-likeness (QED) is 0.593. The van der Waals surface area contributed by atoms with Crippen molar-refractivity contribution in [1.29, 1.82) is 0 Å². The number of aliphatic hydroxyl groups excluding tert-OH is 1. The highest BCUT2D eigenvalue weighted by molar-refractivity contribution is 5.99. The Kier molecular flexibility index (Phi) is 5.73. The fourth-order valence-electron chi connectivity index (χ4n) is 4.37. The third kappa shape index (κ3) is 4.03. The number of fused-ring (bicyclic) bond motifs is 1. The second kappa shape index (κ2) is 8.96. The molecular weight excluding hydrogens is 404 g/mol. The number of Topliss-reactive ketones (excluding diaryl/α,β-unsaturated/α-hetero) is 1. The van der Waals surface area contributed by atoms with E-state index in [0.29, 0.717) is 37.6 Å². The molecule has 1 unspecified atom stereocenters. The van der Waals surface area contributed by atoms with Crippen LogP contribution >= 0.6 is 0 Å². The van der Waals surface area contributed by atoms with Crippen LogP contribution in [-0.4, -0.2) is 32.3 Å². The molecule has 2 aromatic carbocycles. The van der Waals surface area contributed by atoms with Gasteiger partial charge in [0, 0.05) is 30.7 Å². The predicted molar refractivity (Wildman–Crippen MR) is 120 cm³/mol. The Balaban J connectivity index is 1.49. The molecule has 1 aromatic heterocycles. The van der Waals surface area contributed by atoms with E-state index in [1.807, 2.05) is 59.3 Å². The van der Waals surface area contributed by atoms with Gasteiger partial charge in [-0.05, 0) is 42.5 Å². The zero-order valence-corrected chi connectivity index (χ0v) is 17.8. The van der Waals surface area contributed by atoms with Gasteiger partial charge in [0.25, 0.3) is 0 Å². The van der Waals surface area contributed by atoms with E-state index in [-0.39, 0.29) is 18.4 Å². The summed E-state index contributed by atoms with van der Waals surface area (Å²) in [6.07, 6.45) is 3.39. The SMILES string of the molecule is O=C1CCCC2=C1C(c1cccc(OCc3ccccc3)c1)n1nc(CCCO)nc1N2. The number of ketones is 1. The van der Waals surface area contributed by atoms with Crippen LogP contribution in [0.1, 0.15) is 48.7 Å². The van der Waals surface area contributed by atoms with Crippen LogP contribution < -0.4 is 10.1 Å².